The Morgan fingerprint density at radius 1 is 1.11 bits per heavy atom. The molecule has 3 rings (SSSR count). The highest BCUT2D eigenvalue weighted by Gasteiger charge is 2.13. The summed E-state index contributed by atoms with van der Waals surface area (Å²) in [6.07, 6.45) is 0. The Labute approximate surface area is 159 Å². The number of anilines is 1. The van der Waals surface area contributed by atoms with Crippen molar-refractivity contribution >= 4 is 46.2 Å². The number of nitrogens with zero attached hydrogens (tertiary/aromatic N) is 1. The molecule has 0 atom stereocenters. The molecule has 0 fully saturated rings. The first kappa shape index (κ1) is 18.7. The van der Waals surface area contributed by atoms with E-state index < -0.39 is 18.5 Å². The monoisotopic (exact) mass is 384 g/mol. The molecule has 0 aliphatic heterocycles. The molecule has 0 radical (unpaired) electrons. The summed E-state index contributed by atoms with van der Waals surface area (Å²) in [4.78, 5) is 39.5. The SMILES string of the molecule is CC(=O)c1ccccc1NC(=O)COC(=O)CSc1nc2ccccc2o1. The maximum Gasteiger partial charge on any atom is 0.316 e. The maximum atomic E-state index is 11.9. The van der Waals surface area contributed by atoms with E-state index in [-0.39, 0.29) is 11.5 Å². The summed E-state index contributed by atoms with van der Waals surface area (Å²) in [5.74, 6) is -1.30. The minimum absolute atomic E-state index is 0.0376. The van der Waals surface area contributed by atoms with Gasteiger partial charge in [0.15, 0.2) is 18.0 Å². The third kappa shape index (κ3) is 4.95. The Bertz CT molecular complexity index is 965. The fourth-order valence-electron chi connectivity index (χ4n) is 2.31. The van der Waals surface area contributed by atoms with Crippen LogP contribution in [0.4, 0.5) is 5.69 Å². The van der Waals surface area contributed by atoms with Gasteiger partial charge in [-0.15, -0.1) is 0 Å². The minimum atomic E-state index is -0.572. The van der Waals surface area contributed by atoms with E-state index in [2.05, 4.69) is 10.3 Å². The molecule has 1 heterocycles. The topological polar surface area (TPSA) is 98.5 Å². The number of Topliss-reactive ketones (excluding diaryl/α,β-unsaturated/α-hetero) is 1. The van der Waals surface area contributed by atoms with Crippen LogP contribution in [0.5, 0.6) is 0 Å². The molecular formula is C19H16N2O5S. The molecule has 1 N–H and O–H groups in total. The fraction of sp³-hybridized carbons (Fsp3) is 0.158. The largest absolute Gasteiger partial charge is 0.455 e. The molecule has 0 aliphatic carbocycles. The van der Waals surface area contributed by atoms with E-state index in [0.29, 0.717) is 27.6 Å². The van der Waals surface area contributed by atoms with Gasteiger partial charge in [-0.1, -0.05) is 36.0 Å². The number of rotatable bonds is 7. The van der Waals surface area contributed by atoms with Gasteiger partial charge in [0.05, 0.1) is 5.69 Å². The van der Waals surface area contributed by atoms with Crippen molar-refractivity contribution in [1.29, 1.82) is 0 Å². The number of aromatic nitrogens is 1. The van der Waals surface area contributed by atoms with E-state index in [1.165, 1.54) is 6.92 Å². The Kier molecular flexibility index (Phi) is 5.87. The molecule has 2 aromatic carbocycles. The lowest BCUT2D eigenvalue weighted by Gasteiger charge is -2.09. The summed E-state index contributed by atoms with van der Waals surface area (Å²) in [6.45, 7) is 0.966. The third-order valence-electron chi connectivity index (χ3n) is 3.53. The van der Waals surface area contributed by atoms with Gasteiger partial charge in [0.2, 0.25) is 0 Å². The van der Waals surface area contributed by atoms with Gasteiger partial charge in [0.25, 0.3) is 11.1 Å². The number of ketones is 1. The van der Waals surface area contributed by atoms with Crippen LogP contribution >= 0.6 is 11.8 Å². The van der Waals surface area contributed by atoms with Gasteiger partial charge in [-0.05, 0) is 31.2 Å². The Morgan fingerprint density at radius 2 is 1.85 bits per heavy atom. The first-order valence-electron chi connectivity index (χ1n) is 8.07. The van der Waals surface area contributed by atoms with Crippen LogP contribution < -0.4 is 5.32 Å². The van der Waals surface area contributed by atoms with Gasteiger partial charge < -0.3 is 14.5 Å². The van der Waals surface area contributed by atoms with Gasteiger partial charge in [-0.25, -0.2) is 4.98 Å². The van der Waals surface area contributed by atoms with Crippen LogP contribution in [-0.2, 0) is 14.3 Å². The summed E-state index contributed by atoms with van der Waals surface area (Å²) in [7, 11) is 0. The Hall–Kier alpha value is -3.13. The summed E-state index contributed by atoms with van der Waals surface area (Å²) in [5.41, 5.74) is 2.12. The number of para-hydroxylation sites is 3. The zero-order valence-electron chi connectivity index (χ0n) is 14.4. The van der Waals surface area contributed by atoms with Crippen LogP contribution in [0, 0.1) is 0 Å². The summed E-state index contributed by atoms with van der Waals surface area (Å²) in [5, 5.41) is 2.92. The number of carbonyl (C=O) groups is 3. The lowest BCUT2D eigenvalue weighted by molar-refractivity contribution is -0.144. The molecule has 0 aliphatic rings. The van der Waals surface area contributed by atoms with Crippen LogP contribution in [0.3, 0.4) is 0 Å². The van der Waals surface area contributed by atoms with E-state index >= 15 is 0 Å². The molecule has 8 heteroatoms. The quantitative estimate of drug-likeness (QED) is 0.379. The number of amides is 1. The summed E-state index contributed by atoms with van der Waals surface area (Å²) < 4.78 is 10.4. The molecule has 1 amide bonds. The van der Waals surface area contributed by atoms with Crippen LogP contribution in [0.25, 0.3) is 11.1 Å². The smallest absolute Gasteiger partial charge is 0.316 e. The number of hydrogen-bond acceptors (Lipinski definition) is 7. The summed E-state index contributed by atoms with van der Waals surface area (Å²) in [6, 6.07) is 13.9. The molecule has 0 bridgehead atoms. The van der Waals surface area contributed by atoms with Gasteiger partial charge in [-0.3, -0.25) is 14.4 Å². The van der Waals surface area contributed by atoms with Gasteiger partial charge >= 0.3 is 5.97 Å². The zero-order valence-corrected chi connectivity index (χ0v) is 15.2. The number of thioether (sulfide) groups is 1. The van der Waals surface area contributed by atoms with Crippen molar-refractivity contribution in [3.8, 4) is 0 Å². The molecule has 138 valence electrons. The normalized spacial score (nSPS) is 10.6. The lowest BCUT2D eigenvalue weighted by atomic mass is 10.1. The Morgan fingerprint density at radius 3 is 2.63 bits per heavy atom. The molecule has 0 saturated carbocycles. The number of carbonyl (C=O) groups excluding carboxylic acids is 3. The predicted octanol–water partition coefficient (Wildman–Crippen LogP) is 3.30. The van der Waals surface area contributed by atoms with Crippen LogP contribution in [0.2, 0.25) is 0 Å². The molecule has 0 spiro atoms. The lowest BCUT2D eigenvalue weighted by Crippen LogP contribution is -2.22. The fourth-order valence-corrected chi connectivity index (χ4v) is 2.94. The van der Waals surface area contributed by atoms with Gasteiger partial charge in [0, 0.05) is 5.56 Å². The van der Waals surface area contributed by atoms with E-state index in [0.717, 1.165) is 11.8 Å². The third-order valence-corrected chi connectivity index (χ3v) is 4.33. The van der Waals surface area contributed by atoms with E-state index in [1.807, 2.05) is 18.2 Å². The van der Waals surface area contributed by atoms with Crippen LogP contribution in [0.1, 0.15) is 17.3 Å². The van der Waals surface area contributed by atoms with Crippen molar-refractivity contribution in [3.63, 3.8) is 0 Å². The number of nitrogens with one attached hydrogen (secondary N) is 1. The highest BCUT2D eigenvalue weighted by molar-refractivity contribution is 7.99. The second kappa shape index (κ2) is 8.50. The molecule has 0 saturated heterocycles. The summed E-state index contributed by atoms with van der Waals surface area (Å²) >= 11 is 1.09. The van der Waals surface area contributed by atoms with Gasteiger partial charge in [0.1, 0.15) is 11.3 Å². The molecule has 27 heavy (non-hydrogen) atoms. The van der Waals surface area contributed by atoms with Crippen molar-refractivity contribution < 1.29 is 23.5 Å². The highest BCUT2D eigenvalue weighted by atomic mass is 32.2. The van der Waals surface area contributed by atoms with Gasteiger partial charge in [-0.2, -0.15) is 0 Å². The zero-order chi connectivity index (χ0) is 19.2. The highest BCUT2D eigenvalue weighted by Crippen LogP contribution is 2.23. The van der Waals surface area contributed by atoms with Crippen molar-refractivity contribution in [2.75, 3.05) is 17.7 Å². The van der Waals surface area contributed by atoms with E-state index in [4.69, 9.17) is 9.15 Å². The molecule has 3 aromatic rings. The first-order chi connectivity index (χ1) is 13.0. The van der Waals surface area contributed by atoms with E-state index in [1.54, 1.807) is 30.3 Å². The molecule has 7 nitrogen and oxygen atoms in total. The second-order valence-electron chi connectivity index (χ2n) is 5.55. The number of benzene rings is 2. The van der Waals surface area contributed by atoms with Crippen LogP contribution in [-0.4, -0.2) is 35.0 Å². The predicted molar refractivity (Wildman–Crippen MR) is 101 cm³/mol. The molecule has 1 aromatic heterocycles. The number of esters is 1. The minimum Gasteiger partial charge on any atom is -0.455 e. The number of ether oxygens (including phenoxy) is 1. The van der Waals surface area contributed by atoms with Crippen molar-refractivity contribution in [2.45, 2.75) is 12.1 Å². The van der Waals surface area contributed by atoms with Crippen molar-refractivity contribution in [3.05, 3.63) is 54.1 Å². The first-order valence-corrected chi connectivity index (χ1v) is 9.05. The van der Waals surface area contributed by atoms with Crippen LogP contribution in [0.15, 0.2) is 58.2 Å². The Balaban J connectivity index is 1.47. The number of hydrogen-bond donors (Lipinski definition) is 1. The standard InChI is InChI=1S/C19H16N2O5S/c1-12(22)13-6-2-3-7-14(13)20-17(23)10-25-18(24)11-27-19-21-15-8-4-5-9-16(15)26-19/h2-9H,10-11H2,1H3,(H,20,23). The average molecular weight is 384 g/mol. The maximum absolute atomic E-state index is 11.9. The van der Waals surface area contributed by atoms with Crippen molar-refractivity contribution in [2.24, 2.45) is 0 Å². The average Bonchev–Trinajstić information content (AvgIpc) is 3.08. The number of fused-ring (bicyclic) bond motifs is 1. The molecule has 0 unspecified atom stereocenters. The second-order valence-corrected chi connectivity index (χ2v) is 6.47. The molecular weight excluding hydrogens is 368 g/mol. The number of oxazole rings is 1. The van der Waals surface area contributed by atoms with Crippen molar-refractivity contribution in [1.82, 2.24) is 4.98 Å². The van der Waals surface area contributed by atoms with E-state index in [9.17, 15) is 14.4 Å².